The van der Waals surface area contributed by atoms with Crippen LogP contribution in [0.25, 0.3) is 10.9 Å². The summed E-state index contributed by atoms with van der Waals surface area (Å²) in [5.41, 5.74) is 34.9. The zero-order chi connectivity index (χ0) is 56.3. The zero-order valence-electron chi connectivity index (χ0n) is 42.0. The Hall–Kier alpha value is -7.79. The van der Waals surface area contributed by atoms with Gasteiger partial charge in [0.2, 0.25) is 41.4 Å². The van der Waals surface area contributed by atoms with Crippen molar-refractivity contribution < 1.29 is 48.3 Å². The molecule has 76 heavy (non-hydrogen) atoms. The van der Waals surface area contributed by atoms with E-state index in [0.717, 1.165) is 10.9 Å². The van der Waals surface area contributed by atoms with Crippen molar-refractivity contribution in [3.63, 3.8) is 0 Å². The third-order valence-corrected chi connectivity index (χ3v) is 12.2. The second-order valence-corrected chi connectivity index (χ2v) is 18.2. The highest BCUT2D eigenvalue weighted by Crippen LogP contribution is 2.20. The van der Waals surface area contributed by atoms with Gasteiger partial charge in [0.25, 0.3) is 0 Å². The molecule has 27 nitrogen and oxygen atoms in total. The number of fused-ring (bicyclic) bond motifs is 1. The van der Waals surface area contributed by atoms with Crippen molar-refractivity contribution >= 4 is 101 Å². The van der Waals surface area contributed by atoms with Crippen LogP contribution in [0.15, 0.2) is 70.8 Å². The number of rotatable bonds is 33. The second kappa shape index (κ2) is 32.5. The van der Waals surface area contributed by atoms with Gasteiger partial charge in [0.1, 0.15) is 42.3 Å². The van der Waals surface area contributed by atoms with Crippen molar-refractivity contribution in [1.82, 2.24) is 47.5 Å². The summed E-state index contributed by atoms with van der Waals surface area (Å²) in [6, 6.07) is 4.27. The molecule has 0 saturated carbocycles. The van der Waals surface area contributed by atoms with Gasteiger partial charge in [-0.2, -0.15) is 25.3 Å². The Morgan fingerprint density at radius 2 is 1.04 bits per heavy atom. The summed E-state index contributed by atoms with van der Waals surface area (Å²) in [5, 5.41) is 30.9. The number of aliphatic imine (C=N–C) groups is 2. The Morgan fingerprint density at radius 1 is 0.566 bits per heavy atom. The highest BCUT2D eigenvalue weighted by atomic mass is 32.1. The van der Waals surface area contributed by atoms with Gasteiger partial charge < -0.3 is 87.0 Å². The van der Waals surface area contributed by atoms with Crippen LogP contribution in [0.3, 0.4) is 0 Å². The number of hydrogen-bond donors (Lipinski definition) is 18. The van der Waals surface area contributed by atoms with Crippen LogP contribution in [0.4, 0.5) is 4.79 Å². The van der Waals surface area contributed by atoms with Gasteiger partial charge in [-0.1, -0.05) is 48.5 Å². The summed E-state index contributed by atoms with van der Waals surface area (Å²) in [6.45, 7) is 1.56. The number of urea groups is 1. The first-order valence-electron chi connectivity index (χ1n) is 24.2. The summed E-state index contributed by atoms with van der Waals surface area (Å²) in [5.74, 6) is -7.93. The maximum Gasteiger partial charge on any atom is 0.327 e. The van der Waals surface area contributed by atoms with Crippen molar-refractivity contribution in [1.29, 1.82) is 0 Å². The van der Waals surface area contributed by atoms with E-state index in [1.807, 2.05) is 6.07 Å². The molecule has 0 fully saturated rings. The number of thiol groups is 2. The zero-order valence-corrected chi connectivity index (χ0v) is 43.7. The van der Waals surface area contributed by atoms with Gasteiger partial charge in [0, 0.05) is 61.1 Å². The van der Waals surface area contributed by atoms with Crippen LogP contribution in [0, 0.1) is 0 Å². The van der Waals surface area contributed by atoms with E-state index in [4.69, 9.17) is 34.4 Å². The molecule has 0 aliphatic rings. The molecule has 0 aliphatic heterocycles. The summed E-state index contributed by atoms with van der Waals surface area (Å²) < 4.78 is 0. The Bertz CT molecular complexity index is 2510. The van der Waals surface area contributed by atoms with E-state index in [2.05, 4.69) is 82.8 Å². The number of nitrogens with one attached hydrogen (secondary N) is 9. The second-order valence-electron chi connectivity index (χ2n) is 17.5. The molecule has 0 spiro atoms. The fraction of sp³-hybridized carbons (Fsp3) is 0.468. The fourth-order valence-electron chi connectivity index (χ4n) is 7.42. The van der Waals surface area contributed by atoms with E-state index in [0.29, 0.717) is 17.5 Å². The molecule has 0 aliphatic carbocycles. The molecular formula is C47H71N17O10S2. The van der Waals surface area contributed by atoms with Crippen molar-refractivity contribution in [3.8, 4) is 0 Å². The van der Waals surface area contributed by atoms with Gasteiger partial charge in [-0.25, -0.2) is 9.59 Å². The van der Waals surface area contributed by atoms with E-state index < -0.39 is 102 Å². The van der Waals surface area contributed by atoms with Gasteiger partial charge in [0.15, 0.2) is 11.9 Å². The quantitative estimate of drug-likeness (QED) is 0.0120. The largest absolute Gasteiger partial charge is 0.480 e. The van der Waals surface area contributed by atoms with Crippen molar-refractivity contribution in [2.24, 2.45) is 44.4 Å². The van der Waals surface area contributed by atoms with Crippen molar-refractivity contribution in [3.05, 3.63) is 71.9 Å². The maximum absolute atomic E-state index is 14.5. The monoisotopic (exact) mass is 1100 g/mol. The standard InChI is InChI=1S/C47H71N17O10S2/c1-25(58-43(71)35(23-75)63-38(66)29(48)13-7-17-54-45(49)50)37(65)59-31(16-9-19-56-47(53)74)39(67)61-33(20-26-10-3-2-4-11-26)41(69)60-32(15-8-18-55-46(51)52)40(68)62-34(42(70)64-36(24-76)44(72)73)21-27-22-57-30-14-6-5-12-28(27)30/h2-6,10-12,14,22,25,29,31-36,57,75-76H,7-9,13,15-21,23-24,48H2,1H3,(H,58,71)(H,59,65)(H,60,69)(H,61,67)(H,62,68)(H,63,66)(H,64,70)(H,72,73)(H4,49,50,54)(H4,51,52,55)(H3,53,56,74)/t25-,29-,31-,32-,33+,34-,35-,36-/m0/s1. The molecule has 1 heterocycles. The third kappa shape index (κ3) is 22.0. The number of carboxylic acid groups (broad SMARTS) is 1. The molecule has 3 rings (SSSR count). The normalized spacial score (nSPS) is 14.1. The lowest BCUT2D eigenvalue weighted by Crippen LogP contribution is -2.60. The number of para-hydroxylation sites is 1. The van der Waals surface area contributed by atoms with Crippen LogP contribution >= 0.6 is 25.3 Å². The third-order valence-electron chi connectivity index (χ3n) is 11.5. The summed E-state index contributed by atoms with van der Waals surface area (Å²) in [7, 11) is 0. The van der Waals surface area contributed by atoms with Crippen LogP contribution < -0.4 is 76.9 Å². The number of carbonyl (C=O) groups is 9. The van der Waals surface area contributed by atoms with Crippen LogP contribution in [0.2, 0.25) is 0 Å². The van der Waals surface area contributed by atoms with E-state index in [1.165, 1.54) is 6.92 Å². The maximum atomic E-state index is 14.5. The number of amides is 9. The molecule has 2 aromatic carbocycles. The van der Waals surface area contributed by atoms with Gasteiger partial charge in [-0.05, 0) is 62.6 Å². The predicted molar refractivity (Wildman–Crippen MR) is 291 cm³/mol. The predicted octanol–water partition coefficient (Wildman–Crippen LogP) is -3.81. The summed E-state index contributed by atoms with van der Waals surface area (Å²) in [4.78, 5) is 131. The van der Waals surface area contributed by atoms with E-state index in [-0.39, 0.29) is 88.0 Å². The molecule has 1 aromatic heterocycles. The molecule has 0 bridgehead atoms. The number of nitrogens with zero attached hydrogens (tertiary/aromatic N) is 2. The highest BCUT2D eigenvalue weighted by Gasteiger charge is 2.34. The Kier molecular flexibility index (Phi) is 26.7. The Morgan fingerprint density at radius 3 is 1.61 bits per heavy atom. The topological polar surface area (TPSA) is 467 Å². The minimum atomic E-state index is -1.43. The number of H-pyrrole nitrogens is 1. The number of nitrogens with two attached hydrogens (primary N) is 6. The lowest BCUT2D eigenvalue weighted by molar-refractivity contribution is -0.141. The number of benzene rings is 2. The van der Waals surface area contributed by atoms with Crippen LogP contribution in [0.1, 0.15) is 56.6 Å². The van der Waals surface area contributed by atoms with Crippen LogP contribution in [0.5, 0.6) is 0 Å². The molecule has 0 unspecified atom stereocenters. The number of carbonyl (C=O) groups excluding carboxylic acids is 8. The molecule has 29 heteroatoms. The number of aromatic amines is 1. The van der Waals surface area contributed by atoms with Crippen LogP contribution in [-0.2, 0) is 51.2 Å². The first-order valence-corrected chi connectivity index (χ1v) is 25.5. The molecule has 416 valence electrons. The average Bonchev–Trinajstić information content (AvgIpc) is 3.79. The number of aliphatic carboxylic acids is 1. The molecule has 3 aromatic rings. The highest BCUT2D eigenvalue weighted by molar-refractivity contribution is 7.80. The number of guanidine groups is 2. The number of hydrogen-bond acceptors (Lipinski definition) is 14. The van der Waals surface area contributed by atoms with E-state index >= 15 is 0 Å². The minimum absolute atomic E-state index is 0.0173. The molecule has 22 N–H and O–H groups in total. The average molecular weight is 1100 g/mol. The van der Waals surface area contributed by atoms with Crippen molar-refractivity contribution in [2.45, 2.75) is 107 Å². The van der Waals surface area contributed by atoms with E-state index in [9.17, 15) is 48.3 Å². The lowest BCUT2D eigenvalue weighted by atomic mass is 10.0. The molecule has 0 saturated heterocycles. The Balaban J connectivity index is 1.92. The minimum Gasteiger partial charge on any atom is -0.480 e. The molecule has 0 radical (unpaired) electrons. The SMILES string of the molecule is C[C@H](NC(=O)[C@H](CS)NC(=O)[C@@H](N)CCCN=C(N)N)C(=O)N[C@@H](CCCNC(N)=O)C(=O)N[C@H](Cc1ccccc1)C(=O)N[C@@H](CCCN=C(N)N)C(=O)N[C@@H](Cc1c[nH]c2ccccc12)C(=O)N[C@@H](CS)C(=O)O. The van der Waals surface area contributed by atoms with Gasteiger partial charge in [-0.3, -0.25) is 43.5 Å². The fourth-order valence-corrected chi connectivity index (χ4v) is 7.93. The molecular weight excluding hydrogens is 1030 g/mol. The lowest BCUT2D eigenvalue weighted by Gasteiger charge is -2.27. The van der Waals surface area contributed by atoms with Gasteiger partial charge >= 0.3 is 12.0 Å². The van der Waals surface area contributed by atoms with Crippen molar-refractivity contribution in [2.75, 3.05) is 31.1 Å². The number of primary amides is 1. The van der Waals surface area contributed by atoms with Crippen LogP contribution in [-0.4, -0.2) is 155 Å². The smallest absolute Gasteiger partial charge is 0.327 e. The molecule has 8 atom stereocenters. The van der Waals surface area contributed by atoms with Gasteiger partial charge in [-0.15, -0.1) is 0 Å². The first kappa shape index (κ1) is 62.5. The number of aromatic nitrogens is 1. The summed E-state index contributed by atoms with van der Waals surface area (Å²) in [6.07, 6.45) is 1.95. The van der Waals surface area contributed by atoms with Gasteiger partial charge in [0.05, 0.1) is 6.04 Å². The summed E-state index contributed by atoms with van der Waals surface area (Å²) >= 11 is 8.23. The molecule has 9 amide bonds. The first-order chi connectivity index (χ1) is 36.1. The Labute approximate surface area is 449 Å². The van der Waals surface area contributed by atoms with E-state index in [1.54, 1.807) is 54.7 Å². The number of carboxylic acids is 1.